The normalized spacial score (nSPS) is 19.8. The maximum absolute atomic E-state index is 13.5. The van der Waals surface area contributed by atoms with E-state index >= 15 is 0 Å². The van der Waals surface area contributed by atoms with Gasteiger partial charge in [0.2, 0.25) is 10.9 Å². The molecule has 1 aliphatic heterocycles. The lowest BCUT2D eigenvalue weighted by atomic mass is 9.94. The molecule has 1 saturated heterocycles. The smallest absolute Gasteiger partial charge is 0.267 e. The molecule has 4 rings (SSSR count). The first-order valence-electron chi connectivity index (χ1n) is 10.6. The van der Waals surface area contributed by atoms with Crippen molar-refractivity contribution in [2.45, 2.75) is 45.1 Å². The van der Waals surface area contributed by atoms with Crippen molar-refractivity contribution >= 4 is 45.4 Å². The highest BCUT2D eigenvalue weighted by molar-refractivity contribution is 8.18. The number of nitrogens with zero attached hydrogens (tertiary/aromatic N) is 3. The first-order valence-corrected chi connectivity index (χ1v) is 12.3. The molecule has 1 aromatic heterocycles. The number of benzene rings is 1. The average molecular weight is 474 g/mol. The van der Waals surface area contributed by atoms with E-state index in [0.717, 1.165) is 36.9 Å². The third-order valence-electron chi connectivity index (χ3n) is 5.56. The predicted molar refractivity (Wildman–Crippen MR) is 129 cm³/mol. The summed E-state index contributed by atoms with van der Waals surface area (Å²) < 4.78 is 16.3. The molecule has 0 spiro atoms. The molecule has 2 aromatic rings. The van der Waals surface area contributed by atoms with Gasteiger partial charge in [0.15, 0.2) is 16.7 Å². The molecule has 7 nitrogen and oxygen atoms in total. The van der Waals surface area contributed by atoms with Crippen molar-refractivity contribution in [2.75, 3.05) is 21.3 Å². The van der Waals surface area contributed by atoms with Gasteiger partial charge in [-0.25, -0.2) is 4.98 Å². The first kappa shape index (κ1) is 22.7. The number of thiazole rings is 1. The van der Waals surface area contributed by atoms with E-state index in [1.165, 1.54) is 29.5 Å². The Morgan fingerprint density at radius 2 is 1.78 bits per heavy atom. The van der Waals surface area contributed by atoms with Crippen molar-refractivity contribution in [2.24, 2.45) is 4.99 Å². The van der Waals surface area contributed by atoms with Gasteiger partial charge in [-0.2, -0.15) is 4.99 Å². The van der Waals surface area contributed by atoms with Crippen molar-refractivity contribution in [3.8, 4) is 17.2 Å². The molecule has 2 heterocycles. The van der Waals surface area contributed by atoms with Crippen LogP contribution in [0.1, 0.15) is 43.4 Å². The second-order valence-electron chi connectivity index (χ2n) is 7.70. The lowest BCUT2D eigenvalue weighted by molar-refractivity contribution is -0.124. The minimum Gasteiger partial charge on any atom is -0.493 e. The summed E-state index contributed by atoms with van der Waals surface area (Å²) in [4.78, 5) is 25.2. The summed E-state index contributed by atoms with van der Waals surface area (Å²) in [5.41, 5.74) is 1.73. The van der Waals surface area contributed by atoms with Crippen LogP contribution in [0, 0.1) is 6.92 Å². The molecule has 9 heteroatoms. The molecular formula is C23H27N3O4S2. The summed E-state index contributed by atoms with van der Waals surface area (Å²) >= 11 is 2.89. The summed E-state index contributed by atoms with van der Waals surface area (Å²) in [6.07, 6.45) is 7.35. The minimum absolute atomic E-state index is 0.0114. The number of aliphatic imine (C=N–C) groups is 1. The highest BCUT2D eigenvalue weighted by atomic mass is 32.2. The summed E-state index contributed by atoms with van der Waals surface area (Å²) in [7, 11) is 4.73. The Balaban J connectivity index is 1.72. The van der Waals surface area contributed by atoms with Crippen LogP contribution in [-0.2, 0) is 4.79 Å². The zero-order valence-corrected chi connectivity index (χ0v) is 20.3. The Hall–Kier alpha value is -2.52. The van der Waals surface area contributed by atoms with E-state index in [9.17, 15) is 4.79 Å². The van der Waals surface area contributed by atoms with Crippen LogP contribution >= 0.6 is 23.1 Å². The Bertz CT molecular complexity index is 1030. The molecule has 0 atom stereocenters. The van der Waals surface area contributed by atoms with Gasteiger partial charge in [0, 0.05) is 11.4 Å². The average Bonchev–Trinajstić information content (AvgIpc) is 3.35. The van der Waals surface area contributed by atoms with Gasteiger partial charge in [-0.3, -0.25) is 9.69 Å². The van der Waals surface area contributed by atoms with E-state index in [-0.39, 0.29) is 11.9 Å². The number of ether oxygens (including phenoxy) is 3. The van der Waals surface area contributed by atoms with Crippen LogP contribution < -0.4 is 14.2 Å². The number of thioether (sulfide) groups is 1. The van der Waals surface area contributed by atoms with Crippen LogP contribution in [0.5, 0.6) is 17.2 Å². The number of carbonyl (C=O) groups is 1. The SMILES string of the molecule is COc1cc(/C=C2\S/C(=N/c3nc(C)cs3)N(C3CCCCC3)C2=O)cc(OC)c1OC. The van der Waals surface area contributed by atoms with Crippen molar-refractivity contribution in [3.05, 3.63) is 33.7 Å². The highest BCUT2D eigenvalue weighted by Crippen LogP contribution is 2.42. The molecule has 0 radical (unpaired) electrons. The van der Waals surface area contributed by atoms with Crippen molar-refractivity contribution < 1.29 is 19.0 Å². The zero-order valence-electron chi connectivity index (χ0n) is 18.7. The number of amides is 1. The molecule has 1 aromatic carbocycles. The van der Waals surface area contributed by atoms with Crippen molar-refractivity contribution in [1.82, 2.24) is 9.88 Å². The van der Waals surface area contributed by atoms with Crippen LogP contribution in [0.25, 0.3) is 6.08 Å². The van der Waals surface area contributed by atoms with Crippen LogP contribution in [-0.4, -0.2) is 48.3 Å². The van der Waals surface area contributed by atoms with Gasteiger partial charge < -0.3 is 14.2 Å². The Kier molecular flexibility index (Phi) is 7.05. The van der Waals surface area contributed by atoms with Gasteiger partial charge >= 0.3 is 0 Å². The van der Waals surface area contributed by atoms with E-state index < -0.39 is 0 Å². The van der Waals surface area contributed by atoms with Gasteiger partial charge in [-0.05, 0) is 55.3 Å². The molecular weight excluding hydrogens is 446 g/mol. The summed E-state index contributed by atoms with van der Waals surface area (Å²) in [6.45, 7) is 1.95. The lowest BCUT2D eigenvalue weighted by Crippen LogP contribution is -2.40. The number of aryl methyl sites for hydroxylation is 1. The van der Waals surface area contributed by atoms with Crippen LogP contribution in [0.2, 0.25) is 0 Å². The standard InChI is InChI=1S/C23H27N3O4S2/c1-14-13-31-22(24-14)25-23-26(16-8-6-5-7-9-16)21(27)19(32-23)12-15-10-17(28-2)20(30-4)18(11-15)29-3/h10-13,16H,5-9H2,1-4H3/b19-12-,25-23+. The quantitative estimate of drug-likeness (QED) is 0.522. The number of hydrogen-bond acceptors (Lipinski definition) is 8. The number of hydrogen-bond donors (Lipinski definition) is 0. The first-order chi connectivity index (χ1) is 15.5. The van der Waals surface area contributed by atoms with Crippen LogP contribution in [0.3, 0.4) is 0 Å². The highest BCUT2D eigenvalue weighted by Gasteiger charge is 2.39. The molecule has 1 aliphatic carbocycles. The van der Waals surface area contributed by atoms with Gasteiger partial charge in [-0.1, -0.05) is 19.3 Å². The van der Waals surface area contributed by atoms with Gasteiger partial charge in [0.25, 0.3) is 5.91 Å². The fourth-order valence-electron chi connectivity index (χ4n) is 4.04. The monoisotopic (exact) mass is 473 g/mol. The number of aromatic nitrogens is 1. The largest absolute Gasteiger partial charge is 0.493 e. The van der Waals surface area contributed by atoms with Gasteiger partial charge in [0.1, 0.15) is 0 Å². The second kappa shape index (κ2) is 9.95. The molecule has 0 bridgehead atoms. The molecule has 0 unspecified atom stereocenters. The third-order valence-corrected chi connectivity index (χ3v) is 7.40. The molecule has 1 amide bonds. The van der Waals surface area contributed by atoms with E-state index in [0.29, 0.717) is 32.5 Å². The Labute approximate surface area is 196 Å². The predicted octanol–water partition coefficient (Wildman–Crippen LogP) is 5.41. The van der Waals surface area contributed by atoms with E-state index in [1.807, 2.05) is 35.4 Å². The fourth-order valence-corrected chi connectivity index (χ4v) is 5.80. The fraction of sp³-hybridized carbons (Fsp3) is 0.435. The number of rotatable bonds is 6. The molecule has 170 valence electrons. The van der Waals surface area contributed by atoms with Gasteiger partial charge in [-0.15, -0.1) is 11.3 Å². The number of amidine groups is 1. The topological polar surface area (TPSA) is 73.3 Å². The summed E-state index contributed by atoms with van der Waals surface area (Å²) in [5, 5.41) is 3.35. The van der Waals surface area contributed by atoms with E-state index in [2.05, 4.69) is 4.98 Å². The molecule has 0 N–H and O–H groups in total. The maximum Gasteiger partial charge on any atom is 0.267 e. The van der Waals surface area contributed by atoms with Gasteiger partial charge in [0.05, 0.1) is 31.9 Å². The second-order valence-corrected chi connectivity index (χ2v) is 9.55. The molecule has 1 saturated carbocycles. The summed E-state index contributed by atoms with van der Waals surface area (Å²) in [6, 6.07) is 3.85. The third kappa shape index (κ3) is 4.63. The summed E-state index contributed by atoms with van der Waals surface area (Å²) in [5.74, 6) is 1.60. The minimum atomic E-state index is -0.0114. The van der Waals surface area contributed by atoms with Crippen LogP contribution in [0.15, 0.2) is 27.4 Å². The number of carbonyl (C=O) groups excluding carboxylic acids is 1. The van der Waals surface area contributed by atoms with Crippen molar-refractivity contribution in [1.29, 1.82) is 0 Å². The maximum atomic E-state index is 13.5. The Morgan fingerprint density at radius 1 is 1.09 bits per heavy atom. The molecule has 2 aliphatic rings. The van der Waals surface area contributed by atoms with E-state index in [1.54, 1.807) is 21.3 Å². The number of methoxy groups -OCH3 is 3. The Morgan fingerprint density at radius 3 is 2.34 bits per heavy atom. The van der Waals surface area contributed by atoms with Crippen molar-refractivity contribution in [3.63, 3.8) is 0 Å². The van der Waals surface area contributed by atoms with E-state index in [4.69, 9.17) is 19.2 Å². The zero-order chi connectivity index (χ0) is 22.7. The lowest BCUT2D eigenvalue weighted by Gasteiger charge is -2.30. The van der Waals surface area contributed by atoms with Crippen LogP contribution in [0.4, 0.5) is 5.13 Å². The molecule has 2 fully saturated rings. The molecule has 32 heavy (non-hydrogen) atoms.